The fourth-order valence-electron chi connectivity index (χ4n) is 19.4. The molecule has 0 aromatic heterocycles. The van der Waals surface area contributed by atoms with E-state index in [0.717, 1.165) is 124 Å². The Kier molecular flexibility index (Phi) is 29.7. The van der Waals surface area contributed by atoms with Crippen LogP contribution >= 0.6 is 0 Å². The second-order valence-electron chi connectivity index (χ2n) is 32.2. The van der Waals surface area contributed by atoms with E-state index in [9.17, 15) is 0 Å². The van der Waals surface area contributed by atoms with Crippen LogP contribution in [0, 0.1) is 53.0 Å². The normalized spacial score (nSPS) is 26.2. The van der Waals surface area contributed by atoms with Crippen LogP contribution in [-0.4, -0.2) is 0 Å². The molecule has 522 valence electrons. The zero-order chi connectivity index (χ0) is 67.0. The van der Waals surface area contributed by atoms with Crippen LogP contribution in [0.3, 0.4) is 0 Å². The van der Waals surface area contributed by atoms with E-state index in [4.69, 9.17) is 0 Å². The molecular formula is C93H129F3. The summed E-state index contributed by atoms with van der Waals surface area (Å²) in [4.78, 5) is 0. The Labute approximate surface area is 584 Å². The molecule has 0 heterocycles. The minimum Gasteiger partial charge on any atom is -0.207 e. The molecule has 0 aliphatic heterocycles. The Morgan fingerprint density at radius 3 is 0.667 bits per heavy atom. The molecule has 0 saturated heterocycles. The minimum atomic E-state index is -0.00485. The Balaban J connectivity index is 0.000000157. The second-order valence-corrected chi connectivity index (χ2v) is 32.2. The Morgan fingerprint density at radius 1 is 0.219 bits per heavy atom. The molecule has 6 aliphatic rings. The summed E-state index contributed by atoms with van der Waals surface area (Å²) in [6, 6.07) is 45.0. The van der Waals surface area contributed by atoms with Gasteiger partial charge in [-0.1, -0.05) is 247 Å². The summed E-state index contributed by atoms with van der Waals surface area (Å²) in [5, 5.41) is 0. The lowest BCUT2D eigenvalue weighted by molar-refractivity contribution is 0.299. The maximum absolute atomic E-state index is 15.1. The third kappa shape index (κ3) is 21.1. The summed E-state index contributed by atoms with van der Waals surface area (Å²) in [7, 11) is 0. The molecule has 0 bridgehead atoms. The van der Waals surface area contributed by atoms with Crippen LogP contribution in [0.25, 0.3) is 33.4 Å². The van der Waals surface area contributed by atoms with Crippen LogP contribution in [0.4, 0.5) is 13.2 Å². The van der Waals surface area contributed by atoms with Crippen LogP contribution in [0.2, 0.25) is 0 Å². The van der Waals surface area contributed by atoms with Crippen molar-refractivity contribution in [3.05, 3.63) is 178 Å². The van der Waals surface area contributed by atoms with Gasteiger partial charge in [0.15, 0.2) is 0 Å². The first-order valence-electron chi connectivity index (χ1n) is 40.7. The van der Waals surface area contributed by atoms with E-state index in [-0.39, 0.29) is 17.5 Å². The minimum absolute atomic E-state index is 0.000237. The summed E-state index contributed by atoms with van der Waals surface area (Å²) in [6.07, 6.45) is 51.0. The topological polar surface area (TPSA) is 0 Å². The van der Waals surface area contributed by atoms with Crippen LogP contribution in [-0.2, 0) is 0 Å². The molecule has 6 aliphatic carbocycles. The lowest BCUT2D eigenvalue weighted by Gasteiger charge is -2.29. The van der Waals surface area contributed by atoms with Crippen LogP contribution in [0.15, 0.2) is 127 Å². The molecule has 0 atom stereocenters. The average Bonchev–Trinajstić information content (AvgIpc) is 0.902. The number of hydrogen-bond donors (Lipinski definition) is 0. The molecule has 6 aromatic carbocycles. The molecule has 6 fully saturated rings. The maximum Gasteiger partial charge on any atom is 0.127 e. The van der Waals surface area contributed by atoms with Gasteiger partial charge in [0.25, 0.3) is 0 Å². The number of halogens is 3. The molecule has 0 spiro atoms. The van der Waals surface area contributed by atoms with Crippen LogP contribution in [0.5, 0.6) is 0 Å². The lowest BCUT2D eigenvalue weighted by atomic mass is 9.76. The van der Waals surface area contributed by atoms with E-state index in [1.165, 1.54) is 229 Å². The van der Waals surface area contributed by atoms with Crippen molar-refractivity contribution in [2.75, 3.05) is 0 Å². The van der Waals surface area contributed by atoms with Gasteiger partial charge >= 0.3 is 0 Å². The third-order valence-corrected chi connectivity index (χ3v) is 25.5. The molecule has 3 heteroatoms. The van der Waals surface area contributed by atoms with Crippen LogP contribution in [0.1, 0.15) is 361 Å². The fraction of sp³-hybridized carbons (Fsp3) is 0.613. The van der Waals surface area contributed by atoms with Crippen molar-refractivity contribution in [1.82, 2.24) is 0 Å². The summed E-state index contributed by atoms with van der Waals surface area (Å²) in [5.74, 6) is 8.80. The number of hydrogen-bond acceptors (Lipinski definition) is 0. The van der Waals surface area contributed by atoms with Gasteiger partial charge in [-0.2, -0.15) is 0 Å². The predicted molar refractivity (Wildman–Crippen MR) is 407 cm³/mol. The first kappa shape index (κ1) is 73.8. The van der Waals surface area contributed by atoms with Gasteiger partial charge < -0.3 is 0 Å². The first-order valence-corrected chi connectivity index (χ1v) is 40.7. The average molecular weight is 1300 g/mol. The largest absolute Gasteiger partial charge is 0.207 e. The summed E-state index contributed by atoms with van der Waals surface area (Å²) in [6.45, 7) is 13.7. The van der Waals surface area contributed by atoms with Gasteiger partial charge in [-0.3, -0.25) is 0 Å². The maximum atomic E-state index is 15.1. The molecular weight excluding hydrogens is 1170 g/mol. The highest BCUT2D eigenvalue weighted by molar-refractivity contribution is 5.66. The van der Waals surface area contributed by atoms with Crippen molar-refractivity contribution in [1.29, 1.82) is 0 Å². The van der Waals surface area contributed by atoms with Crippen LogP contribution < -0.4 is 0 Å². The number of benzene rings is 6. The molecule has 12 rings (SSSR count). The van der Waals surface area contributed by atoms with Gasteiger partial charge in [0.05, 0.1) is 0 Å². The van der Waals surface area contributed by atoms with E-state index in [2.05, 4.69) is 151 Å². The van der Waals surface area contributed by atoms with E-state index in [1.54, 1.807) is 18.2 Å². The van der Waals surface area contributed by atoms with Gasteiger partial charge in [0.2, 0.25) is 0 Å². The Morgan fingerprint density at radius 2 is 0.438 bits per heavy atom. The fourth-order valence-corrected chi connectivity index (χ4v) is 19.4. The Hall–Kier alpha value is -4.89. The van der Waals surface area contributed by atoms with Crippen molar-refractivity contribution >= 4 is 0 Å². The smallest absolute Gasteiger partial charge is 0.127 e. The molecule has 0 nitrogen and oxygen atoms in total. The highest BCUT2D eigenvalue weighted by Crippen LogP contribution is 2.46. The summed E-state index contributed by atoms with van der Waals surface area (Å²) in [5.41, 5.74) is 13.7. The second kappa shape index (κ2) is 38.6. The van der Waals surface area contributed by atoms with E-state index in [0.29, 0.717) is 35.5 Å². The van der Waals surface area contributed by atoms with Crippen molar-refractivity contribution in [2.45, 2.75) is 327 Å². The third-order valence-electron chi connectivity index (χ3n) is 25.5. The molecule has 0 amide bonds. The Bertz CT molecular complexity index is 3140. The zero-order valence-corrected chi connectivity index (χ0v) is 61.3. The van der Waals surface area contributed by atoms with Gasteiger partial charge in [0, 0.05) is 0 Å². The van der Waals surface area contributed by atoms with Crippen molar-refractivity contribution in [3.63, 3.8) is 0 Å². The van der Waals surface area contributed by atoms with Gasteiger partial charge in [-0.05, 0) is 310 Å². The summed E-state index contributed by atoms with van der Waals surface area (Å²) < 4.78 is 45.3. The van der Waals surface area contributed by atoms with Gasteiger partial charge in [-0.15, -0.1) is 0 Å². The van der Waals surface area contributed by atoms with Crippen molar-refractivity contribution in [2.24, 2.45) is 35.5 Å². The molecule has 0 unspecified atom stereocenters. The molecule has 0 N–H and O–H groups in total. The molecule has 0 radical (unpaired) electrons. The van der Waals surface area contributed by atoms with Gasteiger partial charge in [0.1, 0.15) is 17.5 Å². The van der Waals surface area contributed by atoms with Gasteiger partial charge in [-0.25, -0.2) is 13.2 Å². The SMILES string of the molecule is CCCC1CCC(c2ccc(-c3ccc(C4CCC(CCC)CC4)c(F)c3)cc2)CC1.CCCCC1CCC(c2ccc(-c3ccc(C4CCC(CCC)CC4)cc3)cc2F)CC1.CCCCCC1CCC(c2ccc(-c3ccc(C4CCC(CCC)CC4)cc3)cc2F)CC1. The van der Waals surface area contributed by atoms with E-state index in [1.807, 2.05) is 0 Å². The standard InChI is InChI=1S/C32H45F.C31H43F.C30H41F/c1-3-5-6-8-25-11-15-29(16-12-25)31-22-21-30(23-32(31)33)28-19-17-27(18-20-28)26-13-9-24(7-4-2)10-14-26;1-3-5-7-24-10-14-28(15-11-24)30-21-20-29(22-31(30)32)27-18-16-26(17-19-27)25-12-8-23(6-4-2)9-13-25;1-3-5-22-7-11-24(12-8-22)25-15-17-26(18-16-25)28-19-20-29(30(31)21-28)27-13-9-23(6-4-2)10-14-27/h17-26,29H,3-16H2,1-2H3;16-25,28H,3-15H2,1-2H3;15-24,27H,3-14H2,1-2H3. The molecule has 96 heavy (non-hydrogen) atoms. The highest BCUT2D eigenvalue weighted by atomic mass is 19.1. The molecule has 6 aromatic rings. The monoisotopic (exact) mass is 1300 g/mol. The first-order chi connectivity index (χ1) is 47.0. The lowest BCUT2D eigenvalue weighted by Crippen LogP contribution is -2.14. The molecule has 6 saturated carbocycles. The predicted octanol–water partition coefficient (Wildman–Crippen LogP) is 30.1. The summed E-state index contributed by atoms with van der Waals surface area (Å²) >= 11 is 0. The van der Waals surface area contributed by atoms with Crippen molar-refractivity contribution < 1.29 is 13.2 Å². The quantitative estimate of drug-likeness (QED) is 0.0530. The van der Waals surface area contributed by atoms with Crippen molar-refractivity contribution in [3.8, 4) is 33.4 Å². The van der Waals surface area contributed by atoms with E-state index >= 15 is 13.2 Å². The highest BCUT2D eigenvalue weighted by Gasteiger charge is 2.30. The number of unbranched alkanes of at least 4 members (excludes halogenated alkanes) is 3. The van der Waals surface area contributed by atoms with E-state index < -0.39 is 0 Å². The number of rotatable bonds is 24. The zero-order valence-electron chi connectivity index (χ0n) is 61.3.